The van der Waals surface area contributed by atoms with Crippen LogP contribution in [0, 0.1) is 0 Å². The van der Waals surface area contributed by atoms with Crippen molar-refractivity contribution in [3.05, 3.63) is 46.1 Å². The van der Waals surface area contributed by atoms with Crippen molar-refractivity contribution in [2.45, 2.75) is 17.3 Å². The number of carbonyl (C=O) groups is 1. The smallest absolute Gasteiger partial charge is 0.282 e. The number of nitrogens with two attached hydrogens (primary N) is 2. The largest absolute Gasteiger partial charge is 0.369 e. The van der Waals surface area contributed by atoms with Gasteiger partial charge >= 0.3 is 0 Å². The van der Waals surface area contributed by atoms with Gasteiger partial charge in [0.15, 0.2) is 5.16 Å². The Balaban J connectivity index is 2.15. The number of aromatic nitrogens is 2. The molecule has 3 aromatic rings. The van der Waals surface area contributed by atoms with Crippen LogP contribution in [-0.2, 0) is 4.79 Å². The molecule has 23 heavy (non-hydrogen) atoms. The van der Waals surface area contributed by atoms with E-state index >= 15 is 0 Å². The molecule has 0 saturated heterocycles. The molecule has 0 radical (unpaired) electrons. The minimum absolute atomic E-state index is 0.273. The Morgan fingerprint density at radius 1 is 1.35 bits per heavy atom. The molecule has 0 saturated carbocycles. The van der Waals surface area contributed by atoms with E-state index in [4.69, 9.17) is 11.6 Å². The number of nitrogens with zero attached hydrogens (tertiary/aromatic N) is 2. The van der Waals surface area contributed by atoms with Crippen LogP contribution in [0.25, 0.3) is 21.3 Å². The topological polar surface area (TPSA) is 104 Å². The van der Waals surface area contributed by atoms with Crippen molar-refractivity contribution in [1.29, 1.82) is 0 Å². The van der Waals surface area contributed by atoms with Crippen molar-refractivity contribution in [3.63, 3.8) is 0 Å². The minimum atomic E-state index is -0.525. The lowest BCUT2D eigenvalue weighted by molar-refractivity contribution is -0.117. The molecular weight excluding hydrogens is 332 g/mol. The van der Waals surface area contributed by atoms with Gasteiger partial charge in [0, 0.05) is 10.9 Å². The predicted molar refractivity (Wildman–Crippen MR) is 94.0 cm³/mol. The molecule has 0 aliphatic carbocycles. The van der Waals surface area contributed by atoms with Gasteiger partial charge < -0.3 is 11.6 Å². The van der Waals surface area contributed by atoms with Crippen molar-refractivity contribution in [2.75, 3.05) is 5.84 Å². The molecule has 0 spiro atoms. The monoisotopic (exact) mass is 346 g/mol. The van der Waals surface area contributed by atoms with E-state index in [1.807, 2.05) is 35.7 Å². The van der Waals surface area contributed by atoms with Crippen LogP contribution in [0.1, 0.15) is 6.92 Å². The molecule has 1 amide bonds. The zero-order chi connectivity index (χ0) is 16.6. The number of rotatable bonds is 4. The van der Waals surface area contributed by atoms with Crippen LogP contribution in [-0.4, -0.2) is 20.8 Å². The fraction of sp³-hybridized carbons (Fsp3) is 0.133. The molecule has 6 nitrogen and oxygen atoms in total. The molecule has 2 aromatic heterocycles. The number of amides is 1. The zero-order valence-corrected chi connectivity index (χ0v) is 13.9. The van der Waals surface area contributed by atoms with E-state index < -0.39 is 11.2 Å². The first-order valence-corrected chi connectivity index (χ1v) is 8.55. The Morgan fingerprint density at radius 2 is 2.04 bits per heavy atom. The van der Waals surface area contributed by atoms with Crippen LogP contribution in [0.2, 0.25) is 0 Å². The first-order valence-electron chi connectivity index (χ1n) is 6.79. The average Bonchev–Trinajstić information content (AvgIpc) is 2.97. The van der Waals surface area contributed by atoms with E-state index in [1.165, 1.54) is 11.3 Å². The van der Waals surface area contributed by atoms with E-state index in [-0.39, 0.29) is 10.7 Å². The zero-order valence-electron chi connectivity index (χ0n) is 12.2. The highest BCUT2D eigenvalue weighted by Gasteiger charge is 2.19. The molecule has 0 aliphatic rings. The first-order chi connectivity index (χ1) is 11.0. The molecule has 0 unspecified atom stereocenters. The van der Waals surface area contributed by atoms with Gasteiger partial charge in [0.1, 0.15) is 4.83 Å². The Kier molecular flexibility index (Phi) is 4.10. The number of thioether (sulfide) groups is 1. The standard InChI is InChI=1S/C15H14N4O2S2/c1-8(12(16)20)23-15-18-13-11(14(21)19(15)17)10(7-22-13)9-5-3-2-4-6-9/h2-8H,17H2,1H3,(H2,16,20)/t8-/m0/s1. The molecule has 3 rings (SSSR count). The van der Waals surface area contributed by atoms with Crippen LogP contribution in [0.4, 0.5) is 0 Å². The number of hydrogen-bond donors (Lipinski definition) is 2. The molecular formula is C15H14N4O2S2. The van der Waals surface area contributed by atoms with Gasteiger partial charge in [-0.3, -0.25) is 9.59 Å². The normalized spacial score (nSPS) is 12.4. The quantitative estimate of drug-likeness (QED) is 0.426. The van der Waals surface area contributed by atoms with Crippen molar-refractivity contribution in [1.82, 2.24) is 9.66 Å². The van der Waals surface area contributed by atoms with Crippen LogP contribution in [0.15, 0.2) is 45.7 Å². The number of fused-ring (bicyclic) bond motifs is 1. The third kappa shape index (κ3) is 2.82. The summed E-state index contributed by atoms with van der Waals surface area (Å²) >= 11 is 2.44. The Labute approximate surface area is 140 Å². The minimum Gasteiger partial charge on any atom is -0.369 e. The van der Waals surface area contributed by atoms with E-state index in [0.29, 0.717) is 10.2 Å². The lowest BCUT2D eigenvalue weighted by Crippen LogP contribution is -2.31. The van der Waals surface area contributed by atoms with Gasteiger partial charge in [-0.15, -0.1) is 11.3 Å². The molecule has 4 N–H and O–H groups in total. The van der Waals surface area contributed by atoms with Crippen molar-refractivity contribution < 1.29 is 4.79 Å². The summed E-state index contributed by atoms with van der Waals surface area (Å²) in [4.78, 5) is 28.8. The Hall–Kier alpha value is -2.32. The van der Waals surface area contributed by atoms with Gasteiger partial charge in [0.2, 0.25) is 5.91 Å². The molecule has 1 aromatic carbocycles. The number of hydrogen-bond acceptors (Lipinski definition) is 6. The van der Waals surface area contributed by atoms with Gasteiger partial charge in [0.25, 0.3) is 5.56 Å². The summed E-state index contributed by atoms with van der Waals surface area (Å²) in [5, 5.41) is 2.12. The second-order valence-electron chi connectivity index (χ2n) is 4.93. The maximum absolute atomic E-state index is 12.6. The fourth-order valence-electron chi connectivity index (χ4n) is 2.11. The van der Waals surface area contributed by atoms with E-state index in [9.17, 15) is 9.59 Å². The highest BCUT2D eigenvalue weighted by molar-refractivity contribution is 8.00. The van der Waals surface area contributed by atoms with Gasteiger partial charge in [-0.25, -0.2) is 9.66 Å². The maximum atomic E-state index is 12.6. The SMILES string of the molecule is C[C@H](Sc1nc2scc(-c3ccccc3)c2c(=O)n1N)C(N)=O. The molecule has 0 aliphatic heterocycles. The molecule has 8 heteroatoms. The summed E-state index contributed by atoms with van der Waals surface area (Å²) in [7, 11) is 0. The number of nitrogen functional groups attached to an aromatic ring is 1. The van der Waals surface area contributed by atoms with E-state index in [1.54, 1.807) is 6.92 Å². The summed E-state index contributed by atoms with van der Waals surface area (Å²) in [6.45, 7) is 1.65. The van der Waals surface area contributed by atoms with E-state index in [2.05, 4.69) is 4.98 Å². The lowest BCUT2D eigenvalue weighted by Gasteiger charge is -2.10. The second-order valence-corrected chi connectivity index (χ2v) is 7.09. The van der Waals surface area contributed by atoms with Crippen molar-refractivity contribution in [3.8, 4) is 11.1 Å². The highest BCUT2D eigenvalue weighted by atomic mass is 32.2. The molecule has 118 valence electrons. The number of benzene rings is 1. The van der Waals surface area contributed by atoms with Crippen LogP contribution >= 0.6 is 23.1 Å². The first kappa shape index (κ1) is 15.6. The molecule has 1 atom stereocenters. The third-order valence-corrected chi connectivity index (χ3v) is 5.33. The second kappa shape index (κ2) is 6.05. The number of primary amides is 1. The molecule has 2 heterocycles. The van der Waals surface area contributed by atoms with Gasteiger partial charge in [0.05, 0.1) is 10.6 Å². The van der Waals surface area contributed by atoms with Crippen molar-refractivity contribution >= 4 is 39.2 Å². The Bertz CT molecular complexity index is 934. The summed E-state index contributed by atoms with van der Waals surface area (Å²) in [5.41, 5.74) is 6.65. The maximum Gasteiger partial charge on any atom is 0.282 e. The van der Waals surface area contributed by atoms with Crippen LogP contribution in [0.5, 0.6) is 0 Å². The summed E-state index contributed by atoms with van der Waals surface area (Å²) in [5.74, 6) is 5.39. The summed E-state index contributed by atoms with van der Waals surface area (Å²) < 4.78 is 0.978. The van der Waals surface area contributed by atoms with Crippen LogP contribution in [0.3, 0.4) is 0 Å². The van der Waals surface area contributed by atoms with Gasteiger partial charge in [-0.2, -0.15) is 0 Å². The van der Waals surface area contributed by atoms with Gasteiger partial charge in [-0.05, 0) is 12.5 Å². The summed E-state index contributed by atoms with van der Waals surface area (Å²) in [6, 6.07) is 9.59. The number of carbonyl (C=O) groups excluding carboxylic acids is 1. The fourth-order valence-corrected chi connectivity index (χ4v) is 3.88. The van der Waals surface area contributed by atoms with Crippen molar-refractivity contribution in [2.24, 2.45) is 5.73 Å². The summed E-state index contributed by atoms with van der Waals surface area (Å²) in [6.07, 6.45) is 0. The molecule has 0 fully saturated rings. The third-order valence-electron chi connectivity index (χ3n) is 3.38. The number of thiophene rings is 1. The van der Waals surface area contributed by atoms with Gasteiger partial charge in [-0.1, -0.05) is 42.1 Å². The van der Waals surface area contributed by atoms with E-state index in [0.717, 1.165) is 27.6 Å². The Morgan fingerprint density at radius 3 is 2.70 bits per heavy atom. The molecule has 0 bridgehead atoms. The van der Waals surface area contributed by atoms with Crippen LogP contribution < -0.4 is 17.1 Å². The average molecular weight is 346 g/mol. The predicted octanol–water partition coefficient (Wildman–Crippen LogP) is 1.80. The highest BCUT2D eigenvalue weighted by Crippen LogP contribution is 2.32. The lowest BCUT2D eigenvalue weighted by atomic mass is 10.1.